The van der Waals surface area contributed by atoms with E-state index >= 15 is 0 Å². The number of rotatable bonds is 5. The Morgan fingerprint density at radius 2 is 2.17 bits per heavy atom. The van der Waals surface area contributed by atoms with E-state index in [-0.39, 0.29) is 11.8 Å². The second-order valence-electron chi connectivity index (χ2n) is 4.67. The summed E-state index contributed by atoms with van der Waals surface area (Å²) in [7, 11) is 0. The van der Waals surface area contributed by atoms with E-state index in [9.17, 15) is 4.79 Å². The van der Waals surface area contributed by atoms with Crippen LogP contribution in [-0.4, -0.2) is 28.5 Å². The molecular weight excluding hydrogens is 230 g/mol. The molecule has 0 heterocycles. The summed E-state index contributed by atoms with van der Waals surface area (Å²) in [5, 5.41) is 16.5. The highest BCUT2D eigenvalue weighted by molar-refractivity contribution is 5.95. The smallest absolute Gasteiger partial charge is 0.407 e. The number of amides is 1. The minimum atomic E-state index is -0.933. The molecule has 4 N–H and O–H groups in total. The second-order valence-corrected chi connectivity index (χ2v) is 4.67. The number of nitrogens with two attached hydrogens (primary N) is 1. The average Bonchev–Trinajstić information content (AvgIpc) is 2.27. The zero-order valence-corrected chi connectivity index (χ0v) is 10.7. The highest BCUT2D eigenvalue weighted by Gasteiger charge is 2.14. The lowest BCUT2D eigenvalue weighted by molar-refractivity contribution is 0.136. The van der Waals surface area contributed by atoms with Crippen LogP contribution in [0.1, 0.15) is 25.0 Å². The summed E-state index contributed by atoms with van der Waals surface area (Å²) in [6.07, 6.45) is -0.933. The molecule has 0 saturated carbocycles. The minimum absolute atomic E-state index is 0.0115. The fourth-order valence-electron chi connectivity index (χ4n) is 1.71. The number of benzene rings is 1. The lowest BCUT2D eigenvalue weighted by Gasteiger charge is -2.21. The van der Waals surface area contributed by atoms with Crippen LogP contribution >= 0.6 is 0 Å². The van der Waals surface area contributed by atoms with E-state index < -0.39 is 6.09 Å². The zero-order valence-electron chi connectivity index (χ0n) is 10.7. The first-order valence-electron chi connectivity index (χ1n) is 5.81. The Morgan fingerprint density at radius 1 is 1.50 bits per heavy atom. The largest absolute Gasteiger partial charge is 0.465 e. The SMILES string of the molecule is CC(C)CN(Cc1cccc(C(=N)N)c1)C(=O)O. The number of nitrogens with one attached hydrogen (secondary N) is 1. The Bertz CT molecular complexity index is 444. The third-order valence-corrected chi connectivity index (χ3v) is 2.47. The third-order valence-electron chi connectivity index (χ3n) is 2.47. The Kier molecular flexibility index (Phi) is 4.71. The summed E-state index contributed by atoms with van der Waals surface area (Å²) in [4.78, 5) is 12.5. The lowest BCUT2D eigenvalue weighted by atomic mass is 10.1. The van der Waals surface area contributed by atoms with Crippen molar-refractivity contribution < 1.29 is 9.90 Å². The third kappa shape index (κ3) is 4.08. The first-order valence-corrected chi connectivity index (χ1v) is 5.81. The molecule has 0 atom stereocenters. The van der Waals surface area contributed by atoms with E-state index in [1.807, 2.05) is 19.9 Å². The van der Waals surface area contributed by atoms with Crippen LogP contribution in [0.3, 0.4) is 0 Å². The standard InChI is InChI=1S/C13H19N3O2/c1-9(2)7-16(13(17)18)8-10-4-3-5-11(6-10)12(14)15/h3-6,9H,7-8H2,1-2H3,(H3,14,15)(H,17,18). The summed E-state index contributed by atoms with van der Waals surface area (Å²) in [6.45, 7) is 4.75. The molecule has 0 aliphatic carbocycles. The van der Waals surface area contributed by atoms with E-state index in [2.05, 4.69) is 0 Å². The van der Waals surface area contributed by atoms with Gasteiger partial charge in [0.2, 0.25) is 0 Å². The monoisotopic (exact) mass is 249 g/mol. The number of carbonyl (C=O) groups is 1. The van der Waals surface area contributed by atoms with Crippen molar-refractivity contribution in [3.8, 4) is 0 Å². The number of amidine groups is 1. The number of carboxylic acid groups (broad SMARTS) is 1. The maximum absolute atomic E-state index is 11.1. The van der Waals surface area contributed by atoms with Crippen molar-refractivity contribution in [3.63, 3.8) is 0 Å². The second kappa shape index (κ2) is 6.05. The van der Waals surface area contributed by atoms with Gasteiger partial charge < -0.3 is 15.7 Å². The molecule has 0 unspecified atom stereocenters. The normalized spacial score (nSPS) is 10.4. The summed E-state index contributed by atoms with van der Waals surface area (Å²) >= 11 is 0. The molecular formula is C13H19N3O2. The molecule has 1 aromatic carbocycles. The van der Waals surface area contributed by atoms with Crippen molar-refractivity contribution in [2.24, 2.45) is 11.7 Å². The van der Waals surface area contributed by atoms with E-state index in [1.165, 1.54) is 4.90 Å². The summed E-state index contributed by atoms with van der Waals surface area (Å²) in [5.41, 5.74) is 6.86. The molecule has 0 spiro atoms. The van der Waals surface area contributed by atoms with Crippen molar-refractivity contribution >= 4 is 11.9 Å². The topological polar surface area (TPSA) is 90.4 Å². The molecule has 1 aromatic rings. The van der Waals surface area contributed by atoms with E-state index in [1.54, 1.807) is 18.2 Å². The van der Waals surface area contributed by atoms with Crippen molar-refractivity contribution in [3.05, 3.63) is 35.4 Å². The molecule has 0 fully saturated rings. The van der Waals surface area contributed by atoms with Crippen molar-refractivity contribution in [1.82, 2.24) is 4.90 Å². The highest BCUT2D eigenvalue weighted by Crippen LogP contribution is 2.10. The Labute approximate surface area is 107 Å². The van der Waals surface area contributed by atoms with Crippen LogP contribution in [0.15, 0.2) is 24.3 Å². The Balaban J connectivity index is 2.83. The van der Waals surface area contributed by atoms with Gasteiger partial charge in [-0.25, -0.2) is 4.79 Å². The molecule has 1 rings (SSSR count). The maximum atomic E-state index is 11.1. The van der Waals surface area contributed by atoms with Gasteiger partial charge in [0.25, 0.3) is 0 Å². The molecule has 1 amide bonds. The first-order chi connectivity index (χ1) is 8.40. The average molecular weight is 249 g/mol. The van der Waals surface area contributed by atoms with Gasteiger partial charge in [-0.2, -0.15) is 0 Å². The van der Waals surface area contributed by atoms with Gasteiger partial charge in [0.05, 0.1) is 0 Å². The molecule has 5 nitrogen and oxygen atoms in total. The van der Waals surface area contributed by atoms with Gasteiger partial charge in [-0.3, -0.25) is 5.41 Å². The predicted octanol–water partition coefficient (Wildman–Crippen LogP) is 2.11. The van der Waals surface area contributed by atoms with Crippen LogP contribution in [0.4, 0.5) is 4.79 Å². The Hall–Kier alpha value is -2.04. The van der Waals surface area contributed by atoms with Crippen LogP contribution in [0, 0.1) is 11.3 Å². The van der Waals surface area contributed by atoms with Crippen LogP contribution in [0.25, 0.3) is 0 Å². The maximum Gasteiger partial charge on any atom is 0.407 e. The van der Waals surface area contributed by atoms with Gasteiger partial charge in [0, 0.05) is 18.7 Å². The number of hydrogen-bond donors (Lipinski definition) is 3. The van der Waals surface area contributed by atoms with Crippen molar-refractivity contribution in [2.75, 3.05) is 6.54 Å². The van der Waals surface area contributed by atoms with Crippen LogP contribution in [-0.2, 0) is 6.54 Å². The fraction of sp³-hybridized carbons (Fsp3) is 0.385. The number of hydrogen-bond acceptors (Lipinski definition) is 2. The molecule has 0 radical (unpaired) electrons. The molecule has 98 valence electrons. The summed E-state index contributed by atoms with van der Waals surface area (Å²) in [5.74, 6) is 0.264. The van der Waals surface area contributed by atoms with Gasteiger partial charge in [-0.05, 0) is 17.5 Å². The van der Waals surface area contributed by atoms with E-state index in [4.69, 9.17) is 16.2 Å². The fourth-order valence-corrected chi connectivity index (χ4v) is 1.71. The molecule has 0 aliphatic heterocycles. The molecule has 0 saturated heterocycles. The van der Waals surface area contributed by atoms with Gasteiger partial charge in [-0.15, -0.1) is 0 Å². The molecule has 0 bridgehead atoms. The van der Waals surface area contributed by atoms with Crippen LogP contribution in [0.5, 0.6) is 0 Å². The van der Waals surface area contributed by atoms with Crippen molar-refractivity contribution in [1.29, 1.82) is 5.41 Å². The molecule has 5 heteroatoms. The molecule has 0 aromatic heterocycles. The lowest BCUT2D eigenvalue weighted by Crippen LogP contribution is -2.32. The quantitative estimate of drug-likeness (QED) is 0.551. The van der Waals surface area contributed by atoms with Crippen LogP contribution < -0.4 is 5.73 Å². The molecule has 18 heavy (non-hydrogen) atoms. The van der Waals surface area contributed by atoms with Crippen molar-refractivity contribution in [2.45, 2.75) is 20.4 Å². The predicted molar refractivity (Wildman–Crippen MR) is 70.7 cm³/mol. The highest BCUT2D eigenvalue weighted by atomic mass is 16.4. The summed E-state index contributed by atoms with van der Waals surface area (Å²) in [6, 6.07) is 7.10. The minimum Gasteiger partial charge on any atom is -0.465 e. The zero-order chi connectivity index (χ0) is 13.7. The van der Waals surface area contributed by atoms with Crippen LogP contribution in [0.2, 0.25) is 0 Å². The number of nitrogens with zero attached hydrogens (tertiary/aromatic N) is 1. The van der Waals surface area contributed by atoms with Gasteiger partial charge >= 0.3 is 6.09 Å². The number of nitrogen functional groups attached to an aromatic ring is 1. The van der Waals surface area contributed by atoms with Gasteiger partial charge in [0.15, 0.2) is 0 Å². The molecule has 0 aliphatic rings. The van der Waals surface area contributed by atoms with Gasteiger partial charge in [0.1, 0.15) is 5.84 Å². The van der Waals surface area contributed by atoms with E-state index in [0.717, 1.165) is 5.56 Å². The Morgan fingerprint density at radius 3 is 2.67 bits per heavy atom. The summed E-state index contributed by atoms with van der Waals surface area (Å²) < 4.78 is 0. The van der Waals surface area contributed by atoms with Gasteiger partial charge in [-0.1, -0.05) is 32.0 Å². The van der Waals surface area contributed by atoms with E-state index in [0.29, 0.717) is 18.7 Å². The first kappa shape index (κ1) is 14.0.